The van der Waals surface area contributed by atoms with E-state index in [4.69, 9.17) is 0 Å². The van der Waals surface area contributed by atoms with E-state index >= 15 is 0 Å². The summed E-state index contributed by atoms with van der Waals surface area (Å²) in [5, 5.41) is 31.9. The summed E-state index contributed by atoms with van der Waals surface area (Å²) in [7, 11) is 1.26. The number of fused-ring (bicyclic) bond motifs is 2. The zero-order valence-electron chi connectivity index (χ0n) is 21.1. The van der Waals surface area contributed by atoms with Gasteiger partial charge in [0.25, 0.3) is 5.69 Å². The number of carboxylic acid groups (broad SMARTS) is 1. The van der Waals surface area contributed by atoms with Crippen LogP contribution in [0.15, 0.2) is 48.6 Å². The number of aliphatic hydroxyl groups excluding tert-OH is 1. The van der Waals surface area contributed by atoms with Crippen molar-refractivity contribution in [1.82, 2.24) is 14.3 Å². The van der Waals surface area contributed by atoms with Gasteiger partial charge in [0, 0.05) is 35.4 Å². The Balaban J connectivity index is 1.66. The number of rotatable bonds is 8. The Morgan fingerprint density at radius 1 is 1.33 bits per heavy atom. The minimum absolute atomic E-state index is 0.0759. The number of aromatic nitrogens is 2. The van der Waals surface area contributed by atoms with Crippen LogP contribution in [0.5, 0.6) is 0 Å². The zero-order valence-corrected chi connectivity index (χ0v) is 21.9. The summed E-state index contributed by atoms with van der Waals surface area (Å²) < 4.78 is 6.34. The van der Waals surface area contributed by atoms with Gasteiger partial charge in [-0.25, -0.2) is 14.6 Å². The molecule has 2 N–H and O–H groups in total. The number of benzene rings is 1. The fourth-order valence-electron chi connectivity index (χ4n) is 5.67. The SMILES string of the molecule is COC(=O)/C=C/c1ncn2cc(C3=C(C(=O)O)N4C(=O)[C@H]([C@@H](C)O)[C@@H]4[C@@]3(C)Cc3ccc([N+](=O)[O-])cc3)sc12. The van der Waals surface area contributed by atoms with Crippen molar-refractivity contribution < 1.29 is 34.3 Å². The molecule has 2 aromatic heterocycles. The molecule has 1 saturated heterocycles. The quantitative estimate of drug-likeness (QED) is 0.141. The zero-order chi connectivity index (χ0) is 28.2. The number of imidazole rings is 1. The van der Waals surface area contributed by atoms with Crippen LogP contribution in [0.2, 0.25) is 0 Å². The molecule has 1 amide bonds. The largest absolute Gasteiger partial charge is 0.477 e. The first-order valence-electron chi connectivity index (χ1n) is 11.9. The number of nitro groups is 1. The van der Waals surface area contributed by atoms with E-state index in [1.165, 1.54) is 60.9 Å². The molecule has 0 aliphatic carbocycles. The smallest absolute Gasteiger partial charge is 0.352 e. The second-order valence-corrected chi connectivity index (χ2v) is 10.8. The molecule has 4 atom stereocenters. The Labute approximate surface area is 225 Å². The van der Waals surface area contributed by atoms with Crippen molar-refractivity contribution in [1.29, 1.82) is 0 Å². The fraction of sp³-hybridized carbons (Fsp3) is 0.308. The summed E-state index contributed by atoms with van der Waals surface area (Å²) >= 11 is 1.26. The third-order valence-electron chi connectivity index (χ3n) is 7.35. The van der Waals surface area contributed by atoms with Crippen LogP contribution in [0.3, 0.4) is 0 Å². The predicted molar refractivity (Wildman–Crippen MR) is 139 cm³/mol. The summed E-state index contributed by atoms with van der Waals surface area (Å²) in [6.45, 7) is 3.36. The number of non-ortho nitro benzene ring substituents is 1. The van der Waals surface area contributed by atoms with E-state index in [0.29, 0.717) is 26.5 Å². The van der Waals surface area contributed by atoms with E-state index in [9.17, 15) is 34.7 Å². The third kappa shape index (κ3) is 4.10. The normalized spacial score (nSPS) is 23.3. The molecule has 13 heteroatoms. The van der Waals surface area contributed by atoms with Crippen LogP contribution in [0, 0.1) is 21.4 Å². The molecule has 2 aliphatic rings. The number of aliphatic carboxylic acids is 1. The Morgan fingerprint density at radius 2 is 2.03 bits per heavy atom. The number of methoxy groups -OCH3 is 1. The molecular weight excluding hydrogens is 528 g/mol. The lowest BCUT2D eigenvalue weighted by molar-refractivity contribution is -0.384. The van der Waals surface area contributed by atoms with Crippen LogP contribution >= 0.6 is 11.3 Å². The fourth-order valence-corrected chi connectivity index (χ4v) is 6.91. The van der Waals surface area contributed by atoms with Crippen molar-refractivity contribution in [3.63, 3.8) is 0 Å². The maximum Gasteiger partial charge on any atom is 0.352 e. The van der Waals surface area contributed by atoms with Crippen LogP contribution < -0.4 is 0 Å². The van der Waals surface area contributed by atoms with Crippen molar-refractivity contribution in [3.8, 4) is 0 Å². The van der Waals surface area contributed by atoms with Gasteiger partial charge in [-0.3, -0.25) is 19.3 Å². The maximum atomic E-state index is 13.1. The number of thiazole rings is 1. The number of nitro benzene ring substituents is 1. The van der Waals surface area contributed by atoms with Crippen LogP contribution in [0.25, 0.3) is 16.5 Å². The van der Waals surface area contributed by atoms with Crippen LogP contribution in [0.1, 0.15) is 30.0 Å². The van der Waals surface area contributed by atoms with Gasteiger partial charge in [0.2, 0.25) is 5.91 Å². The van der Waals surface area contributed by atoms with Gasteiger partial charge >= 0.3 is 11.9 Å². The van der Waals surface area contributed by atoms with Gasteiger partial charge in [-0.1, -0.05) is 19.1 Å². The van der Waals surface area contributed by atoms with Gasteiger partial charge in [-0.2, -0.15) is 0 Å². The number of amides is 1. The Kier molecular flexibility index (Phi) is 6.35. The number of carbonyl (C=O) groups excluding carboxylic acids is 2. The molecule has 39 heavy (non-hydrogen) atoms. The lowest BCUT2D eigenvalue weighted by Crippen LogP contribution is -2.66. The van der Waals surface area contributed by atoms with Gasteiger partial charge in [-0.05, 0) is 25.0 Å². The molecule has 0 spiro atoms. The molecule has 4 heterocycles. The average Bonchev–Trinajstić information content (AvgIpc) is 3.51. The Morgan fingerprint density at radius 3 is 2.62 bits per heavy atom. The number of carboxylic acids is 1. The molecule has 0 unspecified atom stereocenters. The van der Waals surface area contributed by atoms with Crippen molar-refractivity contribution in [2.75, 3.05) is 7.11 Å². The summed E-state index contributed by atoms with van der Waals surface area (Å²) in [6.07, 6.45) is 5.24. The highest BCUT2D eigenvalue weighted by atomic mass is 32.1. The standard InChI is InChI=1S/C26H24N4O8S/c1-13(31)19-22-26(2,10-14-4-6-15(7-5-14)30(36)37)20(21(25(34)35)29(22)23(19)33)17-11-28-12-27-16(24(28)39-17)8-9-18(32)38-3/h4-9,11-13,19,22,31H,10H2,1-3H3,(H,34,35)/b9-8+/t13-,19-,22-,26+/m1/s1. The van der Waals surface area contributed by atoms with E-state index < -0.39 is 46.2 Å². The van der Waals surface area contributed by atoms with E-state index in [-0.39, 0.29) is 17.8 Å². The number of hydrogen-bond acceptors (Lipinski definition) is 9. The molecule has 12 nitrogen and oxygen atoms in total. The van der Waals surface area contributed by atoms with E-state index in [1.54, 1.807) is 22.7 Å². The molecule has 1 fully saturated rings. The van der Waals surface area contributed by atoms with Crippen LogP contribution in [-0.2, 0) is 25.5 Å². The Bertz CT molecular complexity index is 1580. The van der Waals surface area contributed by atoms with Crippen molar-refractivity contribution in [2.45, 2.75) is 32.4 Å². The number of β-lactam (4-membered cyclic amide) rings is 1. The molecular formula is C26H24N4O8S. The van der Waals surface area contributed by atoms with Crippen LogP contribution in [-0.4, -0.2) is 66.5 Å². The highest BCUT2D eigenvalue weighted by Crippen LogP contribution is 2.59. The summed E-state index contributed by atoms with van der Waals surface area (Å²) in [6, 6.07) is 5.35. The third-order valence-corrected chi connectivity index (χ3v) is 8.49. The number of nitrogens with zero attached hydrogens (tertiary/aromatic N) is 4. The summed E-state index contributed by atoms with van der Waals surface area (Å²) in [5.41, 5.74) is 0.417. The molecule has 3 aromatic rings. The lowest BCUT2D eigenvalue weighted by Gasteiger charge is -2.51. The Hall–Kier alpha value is -4.36. The maximum absolute atomic E-state index is 13.1. The second-order valence-electron chi connectivity index (χ2n) is 9.76. The van der Waals surface area contributed by atoms with Gasteiger partial charge in [0.1, 0.15) is 16.9 Å². The summed E-state index contributed by atoms with van der Waals surface area (Å²) in [4.78, 5) is 54.7. The minimum atomic E-state index is -1.28. The predicted octanol–water partition coefficient (Wildman–Crippen LogP) is 2.76. The highest BCUT2D eigenvalue weighted by Gasteiger charge is 2.66. The van der Waals surface area contributed by atoms with E-state index in [1.807, 2.05) is 6.92 Å². The molecule has 0 saturated carbocycles. The molecule has 5 rings (SSSR count). The van der Waals surface area contributed by atoms with E-state index in [0.717, 1.165) is 0 Å². The molecule has 0 bridgehead atoms. The van der Waals surface area contributed by atoms with E-state index in [2.05, 4.69) is 9.72 Å². The minimum Gasteiger partial charge on any atom is -0.477 e. The highest BCUT2D eigenvalue weighted by molar-refractivity contribution is 7.18. The van der Waals surface area contributed by atoms with Gasteiger partial charge < -0.3 is 19.8 Å². The monoisotopic (exact) mass is 552 g/mol. The van der Waals surface area contributed by atoms with Crippen molar-refractivity contribution in [3.05, 3.63) is 74.8 Å². The van der Waals surface area contributed by atoms with Gasteiger partial charge in [0.05, 0.1) is 40.7 Å². The second kappa shape index (κ2) is 9.43. The topological polar surface area (TPSA) is 165 Å². The number of carbonyl (C=O) groups is 3. The first-order chi connectivity index (χ1) is 18.5. The number of esters is 1. The average molecular weight is 553 g/mol. The van der Waals surface area contributed by atoms with Crippen molar-refractivity contribution in [2.24, 2.45) is 11.3 Å². The van der Waals surface area contributed by atoms with Crippen molar-refractivity contribution >= 4 is 51.3 Å². The molecule has 0 radical (unpaired) electrons. The van der Waals surface area contributed by atoms with Gasteiger partial charge in [0.15, 0.2) is 0 Å². The first-order valence-corrected chi connectivity index (χ1v) is 12.7. The van der Waals surface area contributed by atoms with Crippen LogP contribution in [0.4, 0.5) is 5.69 Å². The lowest BCUT2D eigenvalue weighted by atomic mass is 9.64. The number of aliphatic hydroxyl groups is 1. The number of ether oxygens (including phenoxy) is 1. The summed E-state index contributed by atoms with van der Waals surface area (Å²) in [5.74, 6) is -3.11. The first kappa shape index (κ1) is 26.3. The molecule has 1 aromatic carbocycles. The van der Waals surface area contributed by atoms with Gasteiger partial charge in [-0.15, -0.1) is 11.3 Å². The number of hydrogen-bond donors (Lipinski definition) is 2. The molecule has 2 aliphatic heterocycles. The molecule has 202 valence electrons.